The number of rotatable bonds is 8. The normalized spacial score (nSPS) is 10.5. The van der Waals surface area contributed by atoms with Gasteiger partial charge in [0.05, 0.1) is 24.9 Å². The minimum Gasteiger partial charge on any atom is -0.495 e. The molecular formula is C18H23ClN4O3. The SMILES string of the molecule is COc1cc(Nc2nccc(C(=O)NCCC(C)C)n2)c(OC)cc1Cl. The molecule has 0 unspecified atom stereocenters. The van der Waals surface area contributed by atoms with E-state index in [0.717, 1.165) is 6.42 Å². The lowest BCUT2D eigenvalue weighted by molar-refractivity contribution is 0.0947. The molecule has 0 bridgehead atoms. The summed E-state index contributed by atoms with van der Waals surface area (Å²) in [5.74, 6) is 1.54. The van der Waals surface area contributed by atoms with Crippen LogP contribution >= 0.6 is 11.6 Å². The summed E-state index contributed by atoms with van der Waals surface area (Å²) in [6.07, 6.45) is 2.43. The summed E-state index contributed by atoms with van der Waals surface area (Å²) in [6, 6.07) is 4.88. The number of anilines is 2. The van der Waals surface area contributed by atoms with Crippen LogP contribution in [0.2, 0.25) is 5.02 Å². The summed E-state index contributed by atoms with van der Waals surface area (Å²) < 4.78 is 10.5. The summed E-state index contributed by atoms with van der Waals surface area (Å²) in [6.45, 7) is 4.81. The van der Waals surface area contributed by atoms with Crippen molar-refractivity contribution in [3.05, 3.63) is 35.1 Å². The van der Waals surface area contributed by atoms with E-state index in [1.807, 2.05) is 0 Å². The number of hydrogen-bond donors (Lipinski definition) is 2. The van der Waals surface area contributed by atoms with Crippen LogP contribution in [0, 0.1) is 5.92 Å². The number of benzene rings is 1. The molecule has 2 rings (SSSR count). The van der Waals surface area contributed by atoms with Gasteiger partial charge in [-0.2, -0.15) is 0 Å². The van der Waals surface area contributed by atoms with Gasteiger partial charge >= 0.3 is 0 Å². The van der Waals surface area contributed by atoms with Crippen LogP contribution in [0.3, 0.4) is 0 Å². The number of methoxy groups -OCH3 is 2. The van der Waals surface area contributed by atoms with E-state index in [9.17, 15) is 4.79 Å². The molecule has 1 heterocycles. The maximum Gasteiger partial charge on any atom is 0.270 e. The molecule has 0 aliphatic heterocycles. The fourth-order valence-electron chi connectivity index (χ4n) is 2.19. The first-order valence-electron chi connectivity index (χ1n) is 8.24. The van der Waals surface area contributed by atoms with Crippen LogP contribution in [0.15, 0.2) is 24.4 Å². The lowest BCUT2D eigenvalue weighted by atomic mass is 10.1. The minimum atomic E-state index is -0.239. The Balaban J connectivity index is 2.17. The van der Waals surface area contributed by atoms with Crippen molar-refractivity contribution in [3.63, 3.8) is 0 Å². The maximum absolute atomic E-state index is 12.2. The summed E-state index contributed by atoms with van der Waals surface area (Å²) in [7, 11) is 3.05. The van der Waals surface area contributed by atoms with E-state index in [2.05, 4.69) is 34.4 Å². The van der Waals surface area contributed by atoms with E-state index < -0.39 is 0 Å². The summed E-state index contributed by atoms with van der Waals surface area (Å²) in [5.41, 5.74) is 0.859. The third-order valence-corrected chi connectivity index (χ3v) is 3.91. The molecule has 0 atom stereocenters. The Morgan fingerprint density at radius 1 is 1.23 bits per heavy atom. The van der Waals surface area contributed by atoms with Gasteiger partial charge in [-0.25, -0.2) is 9.97 Å². The predicted octanol–water partition coefficient (Wildman–Crippen LogP) is 3.67. The topological polar surface area (TPSA) is 85.4 Å². The fourth-order valence-corrected chi connectivity index (χ4v) is 2.42. The standard InChI is InChI=1S/C18H23ClN4O3/c1-11(2)5-7-20-17(24)13-6-8-21-18(22-13)23-14-10-15(25-3)12(19)9-16(14)26-4/h6,8-11H,5,7H2,1-4H3,(H,20,24)(H,21,22,23). The largest absolute Gasteiger partial charge is 0.495 e. The Morgan fingerprint density at radius 2 is 1.96 bits per heavy atom. The molecular weight excluding hydrogens is 356 g/mol. The Morgan fingerprint density at radius 3 is 2.62 bits per heavy atom. The van der Waals surface area contributed by atoms with Gasteiger partial charge in [-0.15, -0.1) is 0 Å². The zero-order chi connectivity index (χ0) is 19.1. The van der Waals surface area contributed by atoms with Crippen LogP contribution in [-0.4, -0.2) is 36.6 Å². The fraction of sp³-hybridized carbons (Fsp3) is 0.389. The molecule has 0 saturated carbocycles. The average Bonchev–Trinajstić information content (AvgIpc) is 2.62. The molecule has 2 N–H and O–H groups in total. The van der Waals surface area contributed by atoms with Crippen molar-refractivity contribution in [2.24, 2.45) is 5.92 Å². The molecule has 140 valence electrons. The van der Waals surface area contributed by atoms with E-state index in [0.29, 0.717) is 34.7 Å². The Labute approximate surface area is 158 Å². The Hall–Kier alpha value is -2.54. The summed E-state index contributed by atoms with van der Waals surface area (Å²) >= 11 is 6.10. The second-order valence-corrected chi connectivity index (χ2v) is 6.42. The van der Waals surface area contributed by atoms with Crippen LogP contribution in [0.4, 0.5) is 11.6 Å². The molecule has 1 aromatic carbocycles. The van der Waals surface area contributed by atoms with E-state index in [-0.39, 0.29) is 17.5 Å². The van der Waals surface area contributed by atoms with Gasteiger partial charge in [0.2, 0.25) is 5.95 Å². The van der Waals surface area contributed by atoms with Crippen LogP contribution < -0.4 is 20.1 Å². The number of carbonyl (C=O) groups excluding carboxylic acids is 1. The van der Waals surface area contributed by atoms with Gasteiger partial charge < -0.3 is 20.1 Å². The predicted molar refractivity (Wildman–Crippen MR) is 102 cm³/mol. The van der Waals surface area contributed by atoms with Crippen molar-refractivity contribution >= 4 is 29.1 Å². The maximum atomic E-state index is 12.2. The third-order valence-electron chi connectivity index (χ3n) is 3.62. The number of nitrogens with one attached hydrogen (secondary N) is 2. The van der Waals surface area contributed by atoms with Gasteiger partial charge in [0.25, 0.3) is 5.91 Å². The van der Waals surface area contributed by atoms with E-state index in [1.54, 1.807) is 18.2 Å². The summed E-state index contributed by atoms with van der Waals surface area (Å²) in [5, 5.41) is 6.30. The smallest absolute Gasteiger partial charge is 0.270 e. The Bertz CT molecular complexity index is 768. The molecule has 2 aromatic rings. The zero-order valence-corrected chi connectivity index (χ0v) is 16.1. The molecule has 26 heavy (non-hydrogen) atoms. The molecule has 7 nitrogen and oxygen atoms in total. The van der Waals surface area contributed by atoms with Gasteiger partial charge in [-0.3, -0.25) is 4.79 Å². The van der Waals surface area contributed by atoms with E-state index >= 15 is 0 Å². The molecule has 0 fully saturated rings. The average molecular weight is 379 g/mol. The van der Waals surface area contributed by atoms with Crippen molar-refractivity contribution in [3.8, 4) is 11.5 Å². The molecule has 1 aromatic heterocycles. The van der Waals surface area contributed by atoms with Crippen LogP contribution in [0.5, 0.6) is 11.5 Å². The first-order chi connectivity index (χ1) is 12.4. The van der Waals surface area contributed by atoms with Gasteiger partial charge in [0.1, 0.15) is 17.2 Å². The summed E-state index contributed by atoms with van der Waals surface area (Å²) in [4.78, 5) is 20.6. The van der Waals surface area contributed by atoms with Crippen molar-refractivity contribution in [2.45, 2.75) is 20.3 Å². The van der Waals surface area contributed by atoms with E-state index in [1.165, 1.54) is 20.4 Å². The quantitative estimate of drug-likeness (QED) is 0.729. The number of ether oxygens (including phenoxy) is 2. The molecule has 0 spiro atoms. The highest BCUT2D eigenvalue weighted by Gasteiger charge is 2.13. The molecule has 0 aliphatic rings. The molecule has 8 heteroatoms. The second kappa shape index (κ2) is 9.24. The second-order valence-electron chi connectivity index (χ2n) is 6.02. The number of hydrogen-bond acceptors (Lipinski definition) is 6. The molecule has 1 amide bonds. The molecule has 0 radical (unpaired) electrons. The highest BCUT2D eigenvalue weighted by Crippen LogP contribution is 2.36. The van der Waals surface area contributed by atoms with Crippen LogP contribution in [-0.2, 0) is 0 Å². The number of aromatic nitrogens is 2. The van der Waals surface area contributed by atoms with Crippen molar-refractivity contribution < 1.29 is 14.3 Å². The van der Waals surface area contributed by atoms with Gasteiger partial charge in [-0.05, 0) is 18.4 Å². The number of carbonyl (C=O) groups is 1. The van der Waals surface area contributed by atoms with Crippen molar-refractivity contribution in [1.82, 2.24) is 15.3 Å². The first kappa shape index (κ1) is 19.8. The molecule has 0 saturated heterocycles. The monoisotopic (exact) mass is 378 g/mol. The highest BCUT2D eigenvalue weighted by atomic mass is 35.5. The van der Waals surface area contributed by atoms with E-state index in [4.69, 9.17) is 21.1 Å². The molecule has 0 aliphatic carbocycles. The minimum absolute atomic E-state index is 0.239. The number of halogens is 1. The lowest BCUT2D eigenvalue weighted by Crippen LogP contribution is -2.26. The first-order valence-corrected chi connectivity index (χ1v) is 8.62. The van der Waals surface area contributed by atoms with Gasteiger partial charge in [-0.1, -0.05) is 25.4 Å². The van der Waals surface area contributed by atoms with Crippen LogP contribution in [0.25, 0.3) is 0 Å². The number of amides is 1. The zero-order valence-electron chi connectivity index (χ0n) is 15.3. The van der Waals surface area contributed by atoms with Gasteiger partial charge in [0, 0.05) is 24.9 Å². The Kier molecular flexibility index (Phi) is 7.03. The van der Waals surface area contributed by atoms with Crippen molar-refractivity contribution in [2.75, 3.05) is 26.1 Å². The van der Waals surface area contributed by atoms with Crippen molar-refractivity contribution in [1.29, 1.82) is 0 Å². The van der Waals surface area contributed by atoms with Crippen LogP contribution in [0.1, 0.15) is 30.8 Å². The third kappa shape index (κ3) is 5.23. The van der Waals surface area contributed by atoms with Gasteiger partial charge in [0.15, 0.2) is 0 Å². The lowest BCUT2D eigenvalue weighted by Gasteiger charge is -2.13. The highest BCUT2D eigenvalue weighted by molar-refractivity contribution is 6.32. The number of nitrogens with zero attached hydrogens (tertiary/aromatic N) is 2.